The van der Waals surface area contributed by atoms with Crippen LogP contribution >= 0.6 is 0 Å². The number of benzene rings is 1. The van der Waals surface area contributed by atoms with Gasteiger partial charge in [-0.2, -0.15) is 18.2 Å². The molecule has 3 rings (SSSR count). The van der Waals surface area contributed by atoms with Gasteiger partial charge < -0.3 is 14.3 Å². The summed E-state index contributed by atoms with van der Waals surface area (Å²) in [4.78, 5) is 22.7. The maximum Gasteiger partial charge on any atom is 0.471 e. The first-order chi connectivity index (χ1) is 13.4. The van der Waals surface area contributed by atoms with E-state index in [9.17, 15) is 18.0 Å². The molecule has 0 unspecified atom stereocenters. The summed E-state index contributed by atoms with van der Waals surface area (Å²) in [5, 5.41) is 7.37. The number of likely N-dealkylation sites (tertiary alicyclic amines) is 1. The number of nitrogens with zero attached hydrogens (tertiary/aromatic N) is 4. The highest BCUT2D eigenvalue weighted by atomic mass is 19.4. The molecule has 0 atom stereocenters. The van der Waals surface area contributed by atoms with E-state index in [1.807, 2.05) is 6.92 Å². The van der Waals surface area contributed by atoms with Crippen molar-refractivity contribution in [3.63, 3.8) is 0 Å². The summed E-state index contributed by atoms with van der Waals surface area (Å²) in [5.74, 6) is -1.59. The number of halogens is 3. The van der Waals surface area contributed by atoms with Gasteiger partial charge in [-0.15, -0.1) is 0 Å². The molecular formula is C18H19F3N4O3. The Balaban J connectivity index is 1.62. The van der Waals surface area contributed by atoms with Crippen LogP contribution < -0.4 is 0 Å². The molecule has 1 fully saturated rings. The second-order valence-electron chi connectivity index (χ2n) is 6.29. The predicted octanol–water partition coefficient (Wildman–Crippen LogP) is 3.31. The minimum atomic E-state index is -4.68. The molecule has 0 N–H and O–H groups in total. The largest absolute Gasteiger partial charge is 0.471 e. The zero-order valence-electron chi connectivity index (χ0n) is 15.2. The third-order valence-corrected chi connectivity index (χ3v) is 4.18. The Morgan fingerprint density at radius 1 is 1.32 bits per heavy atom. The molecule has 0 saturated carbocycles. The zero-order valence-corrected chi connectivity index (χ0v) is 15.2. The standard InChI is InChI=1S/C18H19F3N4O3/c1-2-27-23-14-4-3-9-25(11-14)15(26)10-12-5-7-13(8-6-12)16-22-17(28-24-16)18(19,20)21/h5-8H,2-4,9-11H2,1H3/b23-14-. The third kappa shape index (κ3) is 4.87. The molecule has 1 amide bonds. The summed E-state index contributed by atoms with van der Waals surface area (Å²) < 4.78 is 41.9. The molecule has 2 aromatic rings. The normalized spacial score (nSPS) is 16.4. The van der Waals surface area contributed by atoms with Crippen molar-refractivity contribution in [1.82, 2.24) is 15.0 Å². The van der Waals surface area contributed by atoms with Crippen LogP contribution in [0.4, 0.5) is 13.2 Å². The van der Waals surface area contributed by atoms with E-state index < -0.39 is 12.1 Å². The van der Waals surface area contributed by atoms with Crippen LogP contribution in [0.25, 0.3) is 11.4 Å². The van der Waals surface area contributed by atoms with E-state index in [1.54, 1.807) is 29.2 Å². The van der Waals surface area contributed by atoms with Gasteiger partial charge in [-0.05, 0) is 25.3 Å². The Kier molecular flexibility index (Phi) is 5.96. The van der Waals surface area contributed by atoms with Crippen molar-refractivity contribution in [2.75, 3.05) is 19.7 Å². The molecule has 10 heteroatoms. The van der Waals surface area contributed by atoms with E-state index in [-0.39, 0.29) is 18.2 Å². The number of hydrogen-bond donors (Lipinski definition) is 0. The summed E-state index contributed by atoms with van der Waals surface area (Å²) in [6, 6.07) is 6.45. The van der Waals surface area contributed by atoms with E-state index in [2.05, 4.69) is 19.8 Å². The zero-order chi connectivity index (χ0) is 20.1. The molecule has 1 aromatic heterocycles. The van der Waals surface area contributed by atoms with Gasteiger partial charge in [0.05, 0.1) is 18.7 Å². The number of carbonyl (C=O) groups is 1. The van der Waals surface area contributed by atoms with Gasteiger partial charge in [0.2, 0.25) is 11.7 Å². The molecule has 0 radical (unpaired) electrons. The highest BCUT2D eigenvalue weighted by Gasteiger charge is 2.38. The average Bonchev–Trinajstić information content (AvgIpc) is 3.18. The highest BCUT2D eigenvalue weighted by Crippen LogP contribution is 2.29. The van der Waals surface area contributed by atoms with Crippen molar-refractivity contribution in [2.45, 2.75) is 32.4 Å². The predicted molar refractivity (Wildman–Crippen MR) is 93.3 cm³/mol. The fraction of sp³-hybridized carbons (Fsp3) is 0.444. The van der Waals surface area contributed by atoms with Crippen molar-refractivity contribution in [2.24, 2.45) is 5.16 Å². The minimum absolute atomic E-state index is 0.0458. The molecular weight excluding hydrogens is 377 g/mol. The Hall–Kier alpha value is -2.91. The highest BCUT2D eigenvalue weighted by molar-refractivity contribution is 5.91. The summed E-state index contributed by atoms with van der Waals surface area (Å²) in [6.45, 7) is 3.43. The molecule has 1 aromatic carbocycles. The lowest BCUT2D eigenvalue weighted by Crippen LogP contribution is -2.41. The van der Waals surface area contributed by atoms with Gasteiger partial charge >= 0.3 is 12.1 Å². The number of aromatic nitrogens is 2. The van der Waals surface area contributed by atoms with E-state index in [4.69, 9.17) is 4.84 Å². The minimum Gasteiger partial charge on any atom is -0.396 e. The first-order valence-electron chi connectivity index (χ1n) is 8.82. The number of piperidine rings is 1. The van der Waals surface area contributed by atoms with Gasteiger partial charge in [-0.25, -0.2) is 0 Å². The van der Waals surface area contributed by atoms with Crippen LogP contribution in [0.3, 0.4) is 0 Å². The van der Waals surface area contributed by atoms with Crippen molar-refractivity contribution in [1.29, 1.82) is 0 Å². The quantitative estimate of drug-likeness (QED) is 0.725. The van der Waals surface area contributed by atoms with Crippen molar-refractivity contribution < 1.29 is 27.3 Å². The fourth-order valence-electron chi connectivity index (χ4n) is 2.81. The van der Waals surface area contributed by atoms with Gasteiger partial charge in [-0.1, -0.05) is 34.6 Å². The summed E-state index contributed by atoms with van der Waals surface area (Å²) in [6.07, 6.45) is -2.86. The molecule has 1 aliphatic rings. The molecule has 2 heterocycles. The molecule has 1 saturated heterocycles. The van der Waals surface area contributed by atoms with E-state index >= 15 is 0 Å². The molecule has 0 aliphatic carbocycles. The lowest BCUT2D eigenvalue weighted by Gasteiger charge is -2.27. The van der Waals surface area contributed by atoms with Crippen LogP contribution in [-0.4, -0.2) is 46.4 Å². The molecule has 0 bridgehead atoms. The van der Waals surface area contributed by atoms with Gasteiger partial charge in [-0.3, -0.25) is 4.79 Å². The van der Waals surface area contributed by atoms with Gasteiger partial charge in [0.1, 0.15) is 6.61 Å². The summed E-state index contributed by atoms with van der Waals surface area (Å²) in [7, 11) is 0. The molecule has 1 aliphatic heterocycles. The third-order valence-electron chi connectivity index (χ3n) is 4.18. The first kappa shape index (κ1) is 19.8. The van der Waals surface area contributed by atoms with Crippen molar-refractivity contribution in [3.8, 4) is 11.4 Å². The number of carbonyl (C=O) groups excluding carboxylic acids is 1. The Labute approximate surface area is 159 Å². The van der Waals surface area contributed by atoms with E-state index in [0.29, 0.717) is 25.3 Å². The van der Waals surface area contributed by atoms with Gasteiger partial charge in [0.25, 0.3) is 0 Å². The van der Waals surface area contributed by atoms with Gasteiger partial charge in [0, 0.05) is 12.1 Å². The number of rotatable bonds is 5. The maximum absolute atomic E-state index is 12.5. The Bertz CT molecular complexity index is 847. The number of oxime groups is 1. The second kappa shape index (κ2) is 8.41. The van der Waals surface area contributed by atoms with Gasteiger partial charge in [0.15, 0.2) is 0 Å². The van der Waals surface area contributed by atoms with Crippen LogP contribution in [-0.2, 0) is 22.2 Å². The van der Waals surface area contributed by atoms with Crippen LogP contribution in [0.1, 0.15) is 31.2 Å². The fourth-order valence-corrected chi connectivity index (χ4v) is 2.81. The van der Waals surface area contributed by atoms with Crippen molar-refractivity contribution >= 4 is 11.6 Å². The Morgan fingerprint density at radius 3 is 2.71 bits per heavy atom. The smallest absolute Gasteiger partial charge is 0.396 e. The molecule has 150 valence electrons. The van der Waals surface area contributed by atoms with E-state index in [0.717, 1.165) is 24.1 Å². The number of alkyl halides is 3. The van der Waals surface area contributed by atoms with Crippen LogP contribution in [0.5, 0.6) is 0 Å². The first-order valence-corrected chi connectivity index (χ1v) is 8.82. The Morgan fingerprint density at radius 2 is 2.07 bits per heavy atom. The topological polar surface area (TPSA) is 80.8 Å². The van der Waals surface area contributed by atoms with Crippen LogP contribution in [0, 0.1) is 0 Å². The summed E-state index contributed by atoms with van der Waals surface area (Å²) in [5.41, 5.74) is 1.95. The molecule has 0 spiro atoms. The lowest BCUT2D eigenvalue weighted by atomic mass is 10.1. The lowest BCUT2D eigenvalue weighted by molar-refractivity contribution is -0.159. The van der Waals surface area contributed by atoms with Crippen LogP contribution in [0.15, 0.2) is 33.9 Å². The molecule has 7 nitrogen and oxygen atoms in total. The maximum atomic E-state index is 12.5. The molecule has 28 heavy (non-hydrogen) atoms. The average molecular weight is 396 g/mol. The van der Waals surface area contributed by atoms with Crippen LogP contribution in [0.2, 0.25) is 0 Å². The number of hydrogen-bond acceptors (Lipinski definition) is 6. The monoisotopic (exact) mass is 396 g/mol. The summed E-state index contributed by atoms with van der Waals surface area (Å²) >= 11 is 0. The number of amides is 1. The second-order valence-corrected chi connectivity index (χ2v) is 6.29. The van der Waals surface area contributed by atoms with E-state index in [1.165, 1.54) is 0 Å². The SMILES string of the molecule is CCO/N=C1/CCCN(C(=O)Cc2ccc(-c3noc(C(F)(F)F)n3)cc2)C1. The van der Waals surface area contributed by atoms with Crippen molar-refractivity contribution in [3.05, 3.63) is 35.7 Å².